The molecule has 2 aromatic rings. The van der Waals surface area contributed by atoms with Crippen molar-refractivity contribution < 1.29 is 14.4 Å². The highest BCUT2D eigenvalue weighted by atomic mass is 16.2. The Hall–Kier alpha value is -2.89. The second kappa shape index (κ2) is 7.91. The minimum atomic E-state index is -1.19. The molecular formula is C26H31N3O3. The number of hydrogen-bond donors (Lipinski definition) is 1. The predicted octanol–water partition coefficient (Wildman–Crippen LogP) is 4.18. The van der Waals surface area contributed by atoms with E-state index in [2.05, 4.69) is 12.2 Å². The van der Waals surface area contributed by atoms with Gasteiger partial charge in [0.1, 0.15) is 12.1 Å². The van der Waals surface area contributed by atoms with Gasteiger partial charge in [0.05, 0.1) is 0 Å². The van der Waals surface area contributed by atoms with Crippen molar-refractivity contribution in [1.82, 2.24) is 15.1 Å². The summed E-state index contributed by atoms with van der Waals surface area (Å²) in [5, 5.41) is 4.81. The molecule has 3 aliphatic rings. The van der Waals surface area contributed by atoms with Crippen LogP contribution >= 0.6 is 0 Å². The van der Waals surface area contributed by atoms with E-state index in [9.17, 15) is 14.4 Å². The molecular weight excluding hydrogens is 402 g/mol. The van der Waals surface area contributed by atoms with E-state index in [4.69, 9.17) is 0 Å². The monoisotopic (exact) mass is 433 g/mol. The van der Waals surface area contributed by atoms with E-state index in [1.54, 1.807) is 6.92 Å². The SMILES string of the molecule is CC1CCC(N(C(=O)CN2C(=O)NC(C)(c3cccc4ccccc34)C2=O)C2CC2)CC1. The van der Waals surface area contributed by atoms with E-state index in [-0.39, 0.29) is 30.4 Å². The lowest BCUT2D eigenvalue weighted by atomic mass is 9.86. The van der Waals surface area contributed by atoms with Crippen molar-refractivity contribution in [3.05, 3.63) is 48.0 Å². The molecule has 0 aromatic heterocycles. The first-order valence-corrected chi connectivity index (χ1v) is 11.8. The van der Waals surface area contributed by atoms with Crippen molar-refractivity contribution in [3.8, 4) is 0 Å². The first-order chi connectivity index (χ1) is 15.4. The van der Waals surface area contributed by atoms with Gasteiger partial charge in [-0.05, 0) is 67.7 Å². The number of benzene rings is 2. The fraction of sp³-hybridized carbons (Fsp3) is 0.500. The number of hydrogen-bond acceptors (Lipinski definition) is 3. The molecule has 1 atom stereocenters. The number of fused-ring (bicyclic) bond motifs is 1. The third-order valence-corrected chi connectivity index (χ3v) is 7.50. The van der Waals surface area contributed by atoms with Gasteiger partial charge < -0.3 is 10.2 Å². The molecule has 0 bridgehead atoms. The maximum Gasteiger partial charge on any atom is 0.325 e. The van der Waals surface area contributed by atoms with Gasteiger partial charge in [0.2, 0.25) is 5.91 Å². The summed E-state index contributed by atoms with van der Waals surface area (Å²) in [6, 6.07) is 13.6. The fourth-order valence-corrected chi connectivity index (χ4v) is 5.48. The van der Waals surface area contributed by atoms with Crippen LogP contribution in [0.15, 0.2) is 42.5 Å². The standard InChI is InChI=1S/C26H31N3O3/c1-17-10-12-19(13-11-17)29(20-14-15-20)23(30)16-28-24(31)26(2,27-25(28)32)22-9-5-7-18-6-3-4-8-21(18)22/h3-9,17,19-20H,10-16H2,1-2H3,(H,27,32). The van der Waals surface area contributed by atoms with Crippen LogP contribution in [0.2, 0.25) is 0 Å². The van der Waals surface area contributed by atoms with Crippen LogP contribution in [0.3, 0.4) is 0 Å². The molecule has 1 heterocycles. The van der Waals surface area contributed by atoms with Gasteiger partial charge in [0.25, 0.3) is 5.91 Å². The van der Waals surface area contributed by atoms with Gasteiger partial charge in [-0.25, -0.2) is 4.79 Å². The first-order valence-electron chi connectivity index (χ1n) is 11.8. The van der Waals surface area contributed by atoms with E-state index in [0.29, 0.717) is 5.92 Å². The van der Waals surface area contributed by atoms with Gasteiger partial charge in [-0.15, -0.1) is 0 Å². The molecule has 4 amide bonds. The van der Waals surface area contributed by atoms with E-state index in [0.717, 1.165) is 59.8 Å². The fourth-order valence-electron chi connectivity index (χ4n) is 5.48. The van der Waals surface area contributed by atoms with E-state index >= 15 is 0 Å². The second-order valence-electron chi connectivity index (χ2n) is 9.92. The largest absolute Gasteiger partial charge is 0.335 e. The van der Waals surface area contributed by atoms with Crippen molar-refractivity contribution in [3.63, 3.8) is 0 Å². The highest BCUT2D eigenvalue weighted by Gasteiger charge is 2.51. The Balaban J connectivity index is 1.38. The summed E-state index contributed by atoms with van der Waals surface area (Å²) in [7, 11) is 0. The molecule has 6 heteroatoms. The Morgan fingerprint density at radius 3 is 2.31 bits per heavy atom. The van der Waals surface area contributed by atoms with Crippen molar-refractivity contribution in [2.24, 2.45) is 5.92 Å². The number of carbonyl (C=O) groups excluding carboxylic acids is 3. The van der Waals surface area contributed by atoms with Gasteiger partial charge in [-0.1, -0.05) is 49.4 Å². The molecule has 1 saturated heterocycles. The summed E-state index contributed by atoms with van der Waals surface area (Å²) in [6.07, 6.45) is 6.32. The summed E-state index contributed by atoms with van der Waals surface area (Å²) in [6.45, 7) is 3.81. The molecule has 32 heavy (non-hydrogen) atoms. The molecule has 6 nitrogen and oxygen atoms in total. The number of amides is 4. The maximum absolute atomic E-state index is 13.5. The minimum absolute atomic E-state index is 0.0993. The van der Waals surface area contributed by atoms with Crippen LogP contribution in [0.5, 0.6) is 0 Å². The van der Waals surface area contributed by atoms with Crippen molar-refractivity contribution >= 4 is 28.6 Å². The van der Waals surface area contributed by atoms with Crippen LogP contribution in [0.25, 0.3) is 10.8 Å². The first kappa shape index (κ1) is 21.0. The average Bonchev–Trinajstić information content (AvgIpc) is 3.59. The van der Waals surface area contributed by atoms with Crippen LogP contribution in [0, 0.1) is 5.92 Å². The zero-order valence-corrected chi connectivity index (χ0v) is 18.8. The summed E-state index contributed by atoms with van der Waals surface area (Å²) < 4.78 is 0. The number of nitrogens with zero attached hydrogens (tertiary/aromatic N) is 2. The molecule has 1 unspecified atom stereocenters. The molecule has 2 aliphatic carbocycles. The van der Waals surface area contributed by atoms with Crippen molar-refractivity contribution in [1.29, 1.82) is 0 Å². The van der Waals surface area contributed by atoms with E-state index < -0.39 is 11.6 Å². The van der Waals surface area contributed by atoms with Gasteiger partial charge in [-0.2, -0.15) is 0 Å². The van der Waals surface area contributed by atoms with Crippen LogP contribution in [-0.2, 0) is 15.1 Å². The predicted molar refractivity (Wildman–Crippen MR) is 123 cm³/mol. The van der Waals surface area contributed by atoms with E-state index in [1.165, 1.54) is 0 Å². The Morgan fingerprint density at radius 1 is 1.00 bits per heavy atom. The van der Waals surface area contributed by atoms with Crippen LogP contribution in [0.1, 0.15) is 57.9 Å². The second-order valence-corrected chi connectivity index (χ2v) is 9.92. The molecule has 3 fully saturated rings. The van der Waals surface area contributed by atoms with E-state index in [1.807, 2.05) is 47.4 Å². The summed E-state index contributed by atoms with van der Waals surface area (Å²) in [4.78, 5) is 42.9. The Kier molecular flexibility index (Phi) is 5.19. The average molecular weight is 434 g/mol. The third kappa shape index (κ3) is 3.55. The lowest BCUT2D eigenvalue weighted by Crippen LogP contribution is -2.49. The van der Waals surface area contributed by atoms with Gasteiger partial charge >= 0.3 is 6.03 Å². The molecule has 0 radical (unpaired) electrons. The molecule has 2 saturated carbocycles. The van der Waals surface area contributed by atoms with Crippen LogP contribution in [0.4, 0.5) is 4.79 Å². The van der Waals surface area contributed by atoms with Crippen molar-refractivity contribution in [2.45, 2.75) is 70.0 Å². The van der Waals surface area contributed by atoms with Gasteiger partial charge in [0.15, 0.2) is 0 Å². The lowest BCUT2D eigenvalue weighted by molar-refractivity contribution is -0.141. The van der Waals surface area contributed by atoms with Gasteiger partial charge in [0, 0.05) is 12.1 Å². The zero-order chi connectivity index (χ0) is 22.5. The van der Waals surface area contributed by atoms with Crippen molar-refractivity contribution in [2.75, 3.05) is 6.54 Å². The summed E-state index contributed by atoms with van der Waals surface area (Å²) >= 11 is 0. The molecule has 0 spiro atoms. The lowest BCUT2D eigenvalue weighted by Gasteiger charge is -2.37. The molecule has 1 N–H and O–H groups in total. The Morgan fingerprint density at radius 2 is 1.62 bits per heavy atom. The Bertz CT molecular complexity index is 1070. The number of rotatable bonds is 5. The van der Waals surface area contributed by atoms with Gasteiger partial charge in [-0.3, -0.25) is 14.5 Å². The topological polar surface area (TPSA) is 69.7 Å². The highest BCUT2D eigenvalue weighted by molar-refractivity contribution is 6.10. The Labute approximate surface area is 188 Å². The minimum Gasteiger partial charge on any atom is -0.335 e. The number of nitrogens with one attached hydrogen (secondary N) is 1. The highest BCUT2D eigenvalue weighted by Crippen LogP contribution is 2.37. The zero-order valence-electron chi connectivity index (χ0n) is 18.8. The normalized spacial score (nSPS) is 28.1. The molecule has 2 aromatic carbocycles. The molecule has 1 aliphatic heterocycles. The van der Waals surface area contributed by atoms with Crippen LogP contribution < -0.4 is 5.32 Å². The maximum atomic E-state index is 13.5. The van der Waals surface area contributed by atoms with Crippen LogP contribution in [-0.4, -0.2) is 46.3 Å². The number of carbonyl (C=O) groups is 3. The molecule has 5 rings (SSSR count). The number of imide groups is 1. The number of urea groups is 1. The quantitative estimate of drug-likeness (QED) is 0.720. The third-order valence-electron chi connectivity index (χ3n) is 7.50. The molecule has 168 valence electrons. The summed E-state index contributed by atoms with van der Waals surface area (Å²) in [5.74, 6) is 0.243. The smallest absolute Gasteiger partial charge is 0.325 e. The summed E-state index contributed by atoms with van der Waals surface area (Å²) in [5.41, 5.74) is -0.438.